The molecule has 2 atom stereocenters. The van der Waals surface area contributed by atoms with E-state index in [0.29, 0.717) is 12.0 Å². The van der Waals surface area contributed by atoms with Crippen LogP contribution in [-0.2, 0) is 31.4 Å². The third-order valence-electron chi connectivity index (χ3n) is 5.70. The van der Waals surface area contributed by atoms with Crippen molar-refractivity contribution in [3.63, 3.8) is 0 Å². The van der Waals surface area contributed by atoms with Crippen molar-refractivity contribution in [2.24, 2.45) is 0 Å². The molecule has 0 radical (unpaired) electrons. The average Bonchev–Trinajstić information content (AvgIpc) is 2.91. The molecule has 0 aliphatic rings. The average molecular weight is 586 g/mol. The van der Waals surface area contributed by atoms with Crippen LogP contribution in [0, 0.1) is 5.82 Å². The number of carbonyl (C=O) groups is 1. The Morgan fingerprint density at radius 3 is 1.93 bits per heavy atom. The first-order chi connectivity index (χ1) is 19.1. The van der Waals surface area contributed by atoms with Crippen molar-refractivity contribution in [1.29, 1.82) is 0 Å². The van der Waals surface area contributed by atoms with Crippen LogP contribution < -0.4 is 16.0 Å². The molecule has 0 heterocycles. The molecule has 214 valence electrons. The van der Waals surface area contributed by atoms with Gasteiger partial charge in [-0.05, 0) is 68.7 Å². The maximum absolute atomic E-state index is 14.2. The highest BCUT2D eigenvalue weighted by Crippen LogP contribution is 2.61. The number of hydrogen-bond acceptors (Lipinski definition) is 5. The van der Waals surface area contributed by atoms with Crippen LogP contribution in [0.4, 0.5) is 4.39 Å². The van der Waals surface area contributed by atoms with Crippen LogP contribution >= 0.6 is 19.8 Å². The number of hydrogen-bond donors (Lipinski definition) is 3. The summed E-state index contributed by atoms with van der Waals surface area (Å²) in [5, 5.41) is 9.24. The summed E-state index contributed by atoms with van der Waals surface area (Å²) in [5.41, 5.74) is 2.35. The molecule has 7 nitrogen and oxygen atoms in total. The summed E-state index contributed by atoms with van der Waals surface area (Å²) in [7, 11) is -3.78. The number of benzene rings is 3. The van der Waals surface area contributed by atoms with E-state index in [2.05, 4.69) is 16.0 Å². The zero-order chi connectivity index (χ0) is 29.1. The van der Waals surface area contributed by atoms with Crippen molar-refractivity contribution in [3.8, 4) is 0 Å². The Kier molecular flexibility index (Phi) is 11.8. The van der Waals surface area contributed by atoms with E-state index in [1.165, 1.54) is 12.1 Å². The molecule has 3 rings (SSSR count). The fourth-order valence-corrected chi connectivity index (χ4v) is 6.65. The Bertz CT molecular complexity index is 1260. The predicted molar refractivity (Wildman–Crippen MR) is 160 cm³/mol. The highest BCUT2D eigenvalue weighted by Gasteiger charge is 2.40. The third-order valence-corrected chi connectivity index (χ3v) is 8.43. The van der Waals surface area contributed by atoms with E-state index in [1.54, 1.807) is 39.8 Å². The van der Waals surface area contributed by atoms with E-state index in [0.717, 1.165) is 11.1 Å². The molecule has 0 saturated carbocycles. The molecule has 1 amide bonds. The maximum Gasteiger partial charge on any atom is 0.357 e. The molecule has 10 heteroatoms. The molecule has 0 aromatic heterocycles. The monoisotopic (exact) mass is 585 g/mol. The first-order valence-electron chi connectivity index (χ1n) is 13.2. The fourth-order valence-electron chi connectivity index (χ4n) is 4.01. The predicted octanol–water partition coefficient (Wildman–Crippen LogP) is 6.26. The summed E-state index contributed by atoms with van der Waals surface area (Å²) in [6, 6.07) is 23.9. The van der Waals surface area contributed by atoms with E-state index in [1.807, 2.05) is 60.7 Å². The van der Waals surface area contributed by atoms with Gasteiger partial charge in [0.05, 0.1) is 12.2 Å². The van der Waals surface area contributed by atoms with Crippen molar-refractivity contribution in [3.05, 3.63) is 107 Å². The SMILES string of the molecule is CC(C)OP(=O)(OC(C)C)C(NC(=S)N[C@H](Cc1ccccc1)C(=O)NCc1ccc(F)cc1)c1ccccc1. The van der Waals surface area contributed by atoms with Gasteiger partial charge in [0.1, 0.15) is 11.9 Å². The first-order valence-corrected chi connectivity index (χ1v) is 15.2. The van der Waals surface area contributed by atoms with Gasteiger partial charge in [0.25, 0.3) is 0 Å². The van der Waals surface area contributed by atoms with Crippen molar-refractivity contribution in [2.45, 2.75) is 64.7 Å². The van der Waals surface area contributed by atoms with Gasteiger partial charge < -0.3 is 25.0 Å². The molecule has 40 heavy (non-hydrogen) atoms. The molecule has 0 spiro atoms. The normalized spacial score (nSPS) is 13.1. The fraction of sp³-hybridized carbons (Fsp3) is 0.333. The zero-order valence-electron chi connectivity index (χ0n) is 23.2. The van der Waals surface area contributed by atoms with Gasteiger partial charge in [-0.3, -0.25) is 9.36 Å². The zero-order valence-corrected chi connectivity index (χ0v) is 24.9. The Hall–Kier alpha value is -3.10. The van der Waals surface area contributed by atoms with Gasteiger partial charge >= 0.3 is 7.60 Å². The summed E-state index contributed by atoms with van der Waals surface area (Å²) in [4.78, 5) is 13.3. The molecular weight excluding hydrogens is 548 g/mol. The van der Waals surface area contributed by atoms with Crippen LogP contribution in [0.3, 0.4) is 0 Å². The summed E-state index contributed by atoms with van der Waals surface area (Å²) < 4.78 is 39.2. The number of rotatable bonds is 13. The Balaban J connectivity index is 1.83. The molecule has 0 aliphatic heterocycles. The maximum atomic E-state index is 14.2. The number of carbonyl (C=O) groups excluding carboxylic acids is 1. The topological polar surface area (TPSA) is 88.7 Å². The van der Waals surface area contributed by atoms with Crippen molar-refractivity contribution < 1.29 is 22.8 Å². The molecule has 3 aromatic rings. The van der Waals surface area contributed by atoms with E-state index in [9.17, 15) is 13.8 Å². The van der Waals surface area contributed by atoms with Gasteiger partial charge in [-0.15, -0.1) is 0 Å². The van der Waals surface area contributed by atoms with Crippen molar-refractivity contribution in [1.82, 2.24) is 16.0 Å². The summed E-state index contributed by atoms with van der Waals surface area (Å²) in [6.45, 7) is 7.37. The number of thiocarbonyl (C=S) groups is 1. The first kappa shape index (κ1) is 31.4. The standard InChI is InChI=1S/C30H37FN3O4PS/c1-21(2)37-39(36,38-22(3)4)29(25-13-9-6-10-14-25)34-30(40)33-27(19-23-11-7-5-8-12-23)28(35)32-20-24-15-17-26(31)18-16-24/h5-18,21-22,27,29H,19-20H2,1-4H3,(H,32,35)(H2,33,34,40)/t27-,29?/m1/s1. The smallest absolute Gasteiger partial charge is 0.351 e. The Morgan fingerprint density at radius 2 is 1.38 bits per heavy atom. The van der Waals surface area contributed by atoms with E-state index in [4.69, 9.17) is 21.3 Å². The Morgan fingerprint density at radius 1 is 0.825 bits per heavy atom. The highest BCUT2D eigenvalue weighted by molar-refractivity contribution is 7.80. The van der Waals surface area contributed by atoms with E-state index >= 15 is 0 Å². The molecule has 1 unspecified atom stereocenters. The van der Waals surface area contributed by atoms with Crippen LogP contribution in [0.15, 0.2) is 84.9 Å². The van der Waals surface area contributed by atoms with Gasteiger partial charge in [0.15, 0.2) is 10.9 Å². The molecular formula is C30H37FN3O4PS. The summed E-state index contributed by atoms with van der Waals surface area (Å²) >= 11 is 5.65. The minimum absolute atomic E-state index is 0.117. The van der Waals surface area contributed by atoms with E-state index in [-0.39, 0.29) is 35.6 Å². The second kappa shape index (κ2) is 15.1. The van der Waals surface area contributed by atoms with Crippen LogP contribution in [0.1, 0.15) is 50.2 Å². The molecule has 3 aromatic carbocycles. The van der Waals surface area contributed by atoms with Gasteiger partial charge in [0.2, 0.25) is 5.91 Å². The third kappa shape index (κ3) is 9.82. The van der Waals surface area contributed by atoms with Crippen molar-refractivity contribution >= 4 is 30.8 Å². The summed E-state index contributed by atoms with van der Waals surface area (Å²) in [5.74, 6) is -1.56. The highest BCUT2D eigenvalue weighted by atomic mass is 32.1. The van der Waals surface area contributed by atoms with Crippen molar-refractivity contribution in [2.75, 3.05) is 0 Å². The lowest BCUT2D eigenvalue weighted by molar-refractivity contribution is -0.122. The number of amides is 1. The minimum Gasteiger partial charge on any atom is -0.351 e. The second-order valence-electron chi connectivity index (χ2n) is 9.87. The van der Waals surface area contributed by atoms with Crippen LogP contribution in [0.25, 0.3) is 0 Å². The quantitative estimate of drug-likeness (QED) is 0.161. The molecule has 0 aliphatic carbocycles. The lowest BCUT2D eigenvalue weighted by Crippen LogP contribution is -2.51. The molecule has 3 N–H and O–H groups in total. The van der Waals surface area contributed by atoms with Gasteiger partial charge in [0, 0.05) is 13.0 Å². The van der Waals surface area contributed by atoms with Crippen LogP contribution in [0.5, 0.6) is 0 Å². The number of halogens is 1. The van der Waals surface area contributed by atoms with E-state index < -0.39 is 19.4 Å². The van der Waals surface area contributed by atoms with Crippen LogP contribution in [-0.4, -0.2) is 29.3 Å². The minimum atomic E-state index is -3.78. The largest absolute Gasteiger partial charge is 0.357 e. The molecule has 0 saturated heterocycles. The molecule has 0 fully saturated rings. The van der Waals surface area contributed by atoms with Gasteiger partial charge in [-0.25, -0.2) is 4.39 Å². The molecule has 0 bridgehead atoms. The van der Waals surface area contributed by atoms with Crippen LogP contribution in [0.2, 0.25) is 0 Å². The summed E-state index contributed by atoms with van der Waals surface area (Å²) in [6.07, 6.45) is -0.402. The van der Waals surface area contributed by atoms with Gasteiger partial charge in [-0.1, -0.05) is 72.8 Å². The number of nitrogens with one attached hydrogen (secondary N) is 3. The second-order valence-corrected chi connectivity index (χ2v) is 12.3. The Labute approximate surface area is 241 Å². The lowest BCUT2D eigenvalue weighted by Gasteiger charge is -2.32. The van der Waals surface area contributed by atoms with Gasteiger partial charge in [-0.2, -0.15) is 0 Å². The lowest BCUT2D eigenvalue weighted by atomic mass is 10.1.